The van der Waals surface area contributed by atoms with Crippen molar-refractivity contribution in [1.82, 2.24) is 24.8 Å². The number of aromatic nitrogens is 4. The van der Waals surface area contributed by atoms with Gasteiger partial charge in [-0.15, -0.1) is 0 Å². The third-order valence-electron chi connectivity index (χ3n) is 7.21. The van der Waals surface area contributed by atoms with Gasteiger partial charge >= 0.3 is 0 Å². The molecule has 0 bridgehead atoms. The Labute approximate surface area is 224 Å². The van der Waals surface area contributed by atoms with E-state index in [1.165, 1.54) is 16.7 Å². The van der Waals surface area contributed by atoms with E-state index in [1.807, 2.05) is 12.4 Å². The highest BCUT2D eigenvalue weighted by Gasteiger charge is 2.23. The normalized spacial score (nSPS) is 17.5. The van der Waals surface area contributed by atoms with Gasteiger partial charge in [-0.3, -0.25) is 4.79 Å². The van der Waals surface area contributed by atoms with Gasteiger partial charge in [-0.25, -0.2) is 4.98 Å². The molecule has 3 N–H and O–H groups in total. The average molecular weight is 512 g/mol. The van der Waals surface area contributed by atoms with Crippen LogP contribution in [0.4, 0.5) is 11.8 Å². The van der Waals surface area contributed by atoms with Crippen LogP contribution in [0.5, 0.6) is 0 Å². The number of imidazole rings is 1. The molecule has 1 aliphatic rings. The molecule has 8 heteroatoms. The SMILES string of the molecule is CC(=O)NC1CCC(Nc2nc(NCCc3ccc(-c4ccccc4)cc3)c3ncn(C(C)C)c3n2)CC1. The number of hydrogen-bond acceptors (Lipinski definition) is 6. The number of carbonyl (C=O) groups excluding carboxylic acids is 1. The zero-order chi connectivity index (χ0) is 26.5. The van der Waals surface area contributed by atoms with Crippen molar-refractivity contribution in [2.45, 2.75) is 71.0 Å². The molecule has 1 aliphatic carbocycles. The molecule has 198 valence electrons. The van der Waals surface area contributed by atoms with E-state index in [1.54, 1.807) is 6.92 Å². The summed E-state index contributed by atoms with van der Waals surface area (Å²) in [5.74, 6) is 1.42. The van der Waals surface area contributed by atoms with E-state index < -0.39 is 0 Å². The van der Waals surface area contributed by atoms with E-state index in [2.05, 4.69) is 87.9 Å². The highest BCUT2D eigenvalue weighted by atomic mass is 16.1. The predicted molar refractivity (Wildman–Crippen MR) is 153 cm³/mol. The van der Waals surface area contributed by atoms with Gasteiger partial charge in [-0.1, -0.05) is 54.6 Å². The molecule has 2 aromatic heterocycles. The highest BCUT2D eigenvalue weighted by Crippen LogP contribution is 2.26. The zero-order valence-electron chi connectivity index (χ0n) is 22.4. The molecule has 1 amide bonds. The second kappa shape index (κ2) is 11.6. The zero-order valence-corrected chi connectivity index (χ0v) is 22.4. The third kappa shape index (κ3) is 6.13. The van der Waals surface area contributed by atoms with Gasteiger partial charge in [0.05, 0.1) is 6.33 Å². The van der Waals surface area contributed by atoms with Crippen LogP contribution in [0.2, 0.25) is 0 Å². The Morgan fingerprint density at radius 3 is 2.32 bits per heavy atom. The van der Waals surface area contributed by atoms with Gasteiger partial charge in [0, 0.05) is 31.6 Å². The molecule has 38 heavy (non-hydrogen) atoms. The van der Waals surface area contributed by atoms with Crippen molar-refractivity contribution in [3.8, 4) is 11.1 Å². The molecule has 2 aromatic carbocycles. The summed E-state index contributed by atoms with van der Waals surface area (Å²) in [6.45, 7) is 6.59. The summed E-state index contributed by atoms with van der Waals surface area (Å²) in [6, 6.07) is 20.0. The van der Waals surface area contributed by atoms with Crippen molar-refractivity contribution >= 4 is 28.8 Å². The second-order valence-corrected chi connectivity index (χ2v) is 10.4. The first-order valence-electron chi connectivity index (χ1n) is 13.6. The minimum Gasteiger partial charge on any atom is -0.368 e. The maximum atomic E-state index is 11.4. The van der Waals surface area contributed by atoms with Crippen LogP contribution in [0.3, 0.4) is 0 Å². The van der Waals surface area contributed by atoms with Crippen LogP contribution in [-0.4, -0.2) is 44.1 Å². The summed E-state index contributed by atoms with van der Waals surface area (Å²) in [4.78, 5) is 25.7. The fraction of sp³-hybridized carbons (Fsp3) is 0.400. The number of nitrogens with zero attached hydrogens (tertiary/aromatic N) is 4. The lowest BCUT2D eigenvalue weighted by atomic mass is 9.91. The summed E-state index contributed by atoms with van der Waals surface area (Å²) in [5, 5.41) is 10.1. The lowest BCUT2D eigenvalue weighted by Gasteiger charge is -2.29. The number of rotatable bonds is 9. The number of carbonyl (C=O) groups is 1. The Hall–Kier alpha value is -3.94. The molecule has 0 spiro atoms. The Morgan fingerprint density at radius 2 is 1.63 bits per heavy atom. The second-order valence-electron chi connectivity index (χ2n) is 10.4. The maximum absolute atomic E-state index is 11.4. The van der Waals surface area contributed by atoms with Crippen LogP contribution in [0.1, 0.15) is 58.1 Å². The summed E-state index contributed by atoms with van der Waals surface area (Å²) in [5.41, 5.74) is 5.34. The number of amides is 1. The van der Waals surface area contributed by atoms with E-state index >= 15 is 0 Å². The van der Waals surface area contributed by atoms with Crippen LogP contribution in [-0.2, 0) is 11.2 Å². The highest BCUT2D eigenvalue weighted by molar-refractivity contribution is 5.84. The standard InChI is InChI=1S/C30H37N7O/c1-20(2)37-19-32-27-28(31-18-17-22-9-11-24(12-10-22)23-7-5-4-6-8-23)35-30(36-29(27)37)34-26-15-13-25(14-16-26)33-21(3)38/h4-12,19-20,25-26H,13-18H2,1-3H3,(H,33,38)(H2,31,34,35,36). The Morgan fingerprint density at radius 1 is 0.947 bits per heavy atom. The van der Waals surface area contributed by atoms with Gasteiger partial charge in [-0.2, -0.15) is 9.97 Å². The largest absolute Gasteiger partial charge is 0.368 e. The first-order chi connectivity index (χ1) is 18.5. The smallest absolute Gasteiger partial charge is 0.227 e. The minimum absolute atomic E-state index is 0.0417. The number of nitrogens with one attached hydrogen (secondary N) is 3. The summed E-state index contributed by atoms with van der Waals surface area (Å²) in [7, 11) is 0. The first-order valence-corrected chi connectivity index (χ1v) is 13.6. The molecule has 0 radical (unpaired) electrons. The topological polar surface area (TPSA) is 96.8 Å². The lowest BCUT2D eigenvalue weighted by molar-refractivity contribution is -0.119. The summed E-state index contributed by atoms with van der Waals surface area (Å²) >= 11 is 0. The molecule has 8 nitrogen and oxygen atoms in total. The molecule has 0 unspecified atom stereocenters. The fourth-order valence-corrected chi connectivity index (χ4v) is 5.15. The number of hydrogen-bond donors (Lipinski definition) is 3. The van der Waals surface area contributed by atoms with E-state index in [-0.39, 0.29) is 24.0 Å². The van der Waals surface area contributed by atoms with Crippen molar-refractivity contribution in [3.63, 3.8) is 0 Å². The van der Waals surface area contributed by atoms with Crippen LogP contribution >= 0.6 is 0 Å². The third-order valence-corrected chi connectivity index (χ3v) is 7.21. The van der Waals surface area contributed by atoms with Gasteiger partial charge in [0.25, 0.3) is 0 Å². The summed E-state index contributed by atoms with van der Waals surface area (Å²) < 4.78 is 2.09. The first kappa shape index (κ1) is 25.7. The van der Waals surface area contributed by atoms with Crippen LogP contribution < -0.4 is 16.0 Å². The molecule has 1 saturated carbocycles. The van der Waals surface area contributed by atoms with E-state index in [0.29, 0.717) is 5.95 Å². The lowest BCUT2D eigenvalue weighted by Crippen LogP contribution is -2.39. The van der Waals surface area contributed by atoms with Crippen LogP contribution in [0.15, 0.2) is 60.9 Å². The molecule has 0 aliphatic heterocycles. The van der Waals surface area contributed by atoms with E-state index in [4.69, 9.17) is 9.97 Å². The predicted octanol–water partition coefficient (Wildman–Crippen LogP) is 5.59. The Bertz CT molecular complexity index is 1360. The summed E-state index contributed by atoms with van der Waals surface area (Å²) in [6.07, 6.45) is 6.57. The van der Waals surface area contributed by atoms with Crippen LogP contribution in [0.25, 0.3) is 22.3 Å². The molecule has 4 aromatic rings. The van der Waals surface area contributed by atoms with Crippen LogP contribution in [0, 0.1) is 0 Å². The van der Waals surface area contributed by atoms with Crippen molar-refractivity contribution < 1.29 is 4.79 Å². The van der Waals surface area contributed by atoms with Crippen molar-refractivity contribution in [3.05, 3.63) is 66.5 Å². The molecule has 0 saturated heterocycles. The van der Waals surface area contributed by atoms with E-state index in [0.717, 1.165) is 55.6 Å². The van der Waals surface area contributed by atoms with Gasteiger partial charge in [0.2, 0.25) is 11.9 Å². The number of benzene rings is 2. The van der Waals surface area contributed by atoms with Gasteiger partial charge in [-0.05, 0) is 62.6 Å². The molecule has 2 heterocycles. The fourth-order valence-electron chi connectivity index (χ4n) is 5.15. The minimum atomic E-state index is 0.0417. The van der Waals surface area contributed by atoms with Gasteiger partial charge < -0.3 is 20.5 Å². The molecule has 1 fully saturated rings. The number of anilines is 2. The van der Waals surface area contributed by atoms with E-state index in [9.17, 15) is 4.79 Å². The molecular weight excluding hydrogens is 474 g/mol. The van der Waals surface area contributed by atoms with Crippen molar-refractivity contribution in [2.75, 3.05) is 17.2 Å². The molecular formula is C30H37N7O. The monoisotopic (exact) mass is 511 g/mol. The average Bonchev–Trinajstić information content (AvgIpc) is 3.35. The maximum Gasteiger partial charge on any atom is 0.227 e. The van der Waals surface area contributed by atoms with Crippen molar-refractivity contribution in [1.29, 1.82) is 0 Å². The molecule has 0 atom stereocenters. The van der Waals surface area contributed by atoms with Crippen molar-refractivity contribution in [2.24, 2.45) is 0 Å². The quantitative estimate of drug-likeness (QED) is 0.271. The van der Waals surface area contributed by atoms with Gasteiger partial charge in [0.1, 0.15) is 0 Å². The van der Waals surface area contributed by atoms with Gasteiger partial charge in [0.15, 0.2) is 17.0 Å². The molecule has 5 rings (SSSR count). The number of fused-ring (bicyclic) bond motifs is 1. The Balaban J connectivity index is 1.27. The Kier molecular flexibility index (Phi) is 7.86.